The fourth-order valence-electron chi connectivity index (χ4n) is 11.7. The van der Waals surface area contributed by atoms with E-state index in [2.05, 4.69) is 206 Å². The molecule has 2 heterocycles. The summed E-state index contributed by atoms with van der Waals surface area (Å²) in [5.41, 5.74) is 16.9. The van der Waals surface area contributed by atoms with Crippen LogP contribution in [0.3, 0.4) is 0 Å². The molecule has 316 valence electrons. The van der Waals surface area contributed by atoms with E-state index >= 15 is 0 Å². The molecule has 0 bridgehead atoms. The molecule has 0 saturated heterocycles. The molecule has 0 unspecified atom stereocenters. The van der Waals surface area contributed by atoms with Gasteiger partial charge in [0.1, 0.15) is 17.0 Å². The number of rotatable bonds is 4. The molecule has 3 heteroatoms. The monoisotopic (exact) mass is 832 g/mol. The predicted molar refractivity (Wildman–Crippen MR) is 270 cm³/mol. The second-order valence-corrected chi connectivity index (χ2v) is 21.7. The molecule has 64 heavy (non-hydrogen) atoms. The summed E-state index contributed by atoms with van der Waals surface area (Å²) in [5, 5.41) is 7.07. The Labute approximate surface area is 376 Å². The molecule has 3 nitrogen and oxygen atoms in total. The summed E-state index contributed by atoms with van der Waals surface area (Å²) >= 11 is 0. The highest BCUT2D eigenvalue weighted by molar-refractivity contribution is 6.17. The first-order valence-electron chi connectivity index (χ1n) is 23.4. The highest BCUT2D eigenvalue weighted by Crippen LogP contribution is 2.51. The Kier molecular flexibility index (Phi) is 8.28. The van der Waals surface area contributed by atoms with Gasteiger partial charge in [0.05, 0.1) is 22.3 Å². The van der Waals surface area contributed by atoms with Crippen molar-refractivity contribution < 1.29 is 4.42 Å². The highest BCUT2D eigenvalue weighted by atomic mass is 16.3. The standard InChI is InChI=1S/C61H56N2O/c1-58(2)29-31-60(5,6)50-34-39(25-27-48(50)58)42-17-13-18-43(40-26-28-49-51(35-40)61(7,8)32-30-59(49,3)4)55(42)63-53-22-12-11-21-52(53)62-57(63)45-20-14-19-44-47-33-38-24-23-37-15-9-10-16-41(37)46(38)36-54(47)64-56(44)45/h9-28,33-36H,29-32H2,1-8H3. The van der Waals surface area contributed by atoms with Crippen molar-refractivity contribution in [1.29, 1.82) is 0 Å². The lowest BCUT2D eigenvalue weighted by molar-refractivity contribution is 0.332. The largest absolute Gasteiger partial charge is 0.455 e. The second kappa shape index (κ2) is 13.5. The number of imidazole rings is 1. The lowest BCUT2D eigenvalue weighted by atomic mass is 9.62. The molecule has 0 radical (unpaired) electrons. The number of furan rings is 1. The molecule has 10 aromatic rings. The first-order valence-corrected chi connectivity index (χ1v) is 23.4. The van der Waals surface area contributed by atoms with Gasteiger partial charge in [0.25, 0.3) is 0 Å². The van der Waals surface area contributed by atoms with Crippen molar-refractivity contribution in [2.75, 3.05) is 0 Å². The van der Waals surface area contributed by atoms with Crippen LogP contribution < -0.4 is 0 Å². The molecule has 0 saturated carbocycles. The van der Waals surface area contributed by atoms with Gasteiger partial charge in [-0.3, -0.25) is 4.57 Å². The Morgan fingerprint density at radius 1 is 0.438 bits per heavy atom. The minimum absolute atomic E-state index is 0.0659. The van der Waals surface area contributed by atoms with Crippen LogP contribution in [-0.2, 0) is 21.7 Å². The van der Waals surface area contributed by atoms with E-state index in [1.807, 2.05) is 0 Å². The molecular formula is C61H56N2O. The zero-order chi connectivity index (χ0) is 43.9. The molecule has 8 aromatic carbocycles. The molecule has 12 rings (SSSR count). The number of benzene rings is 8. The van der Waals surface area contributed by atoms with E-state index in [9.17, 15) is 0 Å². The lowest BCUT2D eigenvalue weighted by Crippen LogP contribution is -2.33. The van der Waals surface area contributed by atoms with Crippen LogP contribution in [0.1, 0.15) is 103 Å². The van der Waals surface area contributed by atoms with Crippen molar-refractivity contribution in [3.8, 4) is 39.3 Å². The summed E-state index contributed by atoms with van der Waals surface area (Å²) in [5.74, 6) is 0.869. The molecular weight excluding hydrogens is 777 g/mol. The van der Waals surface area contributed by atoms with Gasteiger partial charge in [-0.25, -0.2) is 4.98 Å². The number of hydrogen-bond acceptors (Lipinski definition) is 2. The maximum Gasteiger partial charge on any atom is 0.149 e. The molecule has 0 N–H and O–H groups in total. The smallest absolute Gasteiger partial charge is 0.149 e. The van der Waals surface area contributed by atoms with Crippen molar-refractivity contribution in [3.63, 3.8) is 0 Å². The second-order valence-electron chi connectivity index (χ2n) is 21.7. The normalized spacial score (nSPS) is 17.3. The van der Waals surface area contributed by atoms with Gasteiger partial charge in [0.2, 0.25) is 0 Å². The quantitative estimate of drug-likeness (QED) is 0.165. The van der Waals surface area contributed by atoms with Crippen molar-refractivity contribution >= 4 is 54.5 Å². The fourth-order valence-corrected chi connectivity index (χ4v) is 11.7. The Hall–Kier alpha value is -6.45. The maximum atomic E-state index is 7.07. The van der Waals surface area contributed by atoms with Crippen LogP contribution >= 0.6 is 0 Å². The van der Waals surface area contributed by atoms with Gasteiger partial charge in [0, 0.05) is 21.9 Å². The van der Waals surface area contributed by atoms with Crippen molar-refractivity contribution in [3.05, 3.63) is 168 Å². The van der Waals surface area contributed by atoms with Gasteiger partial charge in [-0.05, 0) is 133 Å². The summed E-state index contributed by atoms with van der Waals surface area (Å²) in [6.07, 6.45) is 4.69. The molecule has 0 aliphatic heterocycles. The summed E-state index contributed by atoms with van der Waals surface area (Å²) < 4.78 is 9.52. The molecule has 2 aliphatic rings. The number of nitrogens with zero attached hydrogens (tertiary/aromatic N) is 2. The van der Waals surface area contributed by atoms with Gasteiger partial charge < -0.3 is 4.42 Å². The zero-order valence-electron chi connectivity index (χ0n) is 38.5. The number of hydrogen-bond donors (Lipinski definition) is 0. The first kappa shape index (κ1) is 39.2. The average molecular weight is 833 g/mol. The number of aromatic nitrogens is 2. The molecule has 0 fully saturated rings. The van der Waals surface area contributed by atoms with E-state index < -0.39 is 0 Å². The Morgan fingerprint density at radius 3 is 1.66 bits per heavy atom. The van der Waals surface area contributed by atoms with Crippen molar-refractivity contribution in [2.24, 2.45) is 0 Å². The van der Waals surface area contributed by atoms with Gasteiger partial charge in [-0.1, -0.05) is 171 Å². The van der Waals surface area contributed by atoms with E-state index in [1.165, 1.54) is 78.9 Å². The Balaban J connectivity index is 1.16. The number of para-hydroxylation sites is 4. The molecule has 2 aromatic heterocycles. The van der Waals surface area contributed by atoms with Crippen molar-refractivity contribution in [1.82, 2.24) is 9.55 Å². The zero-order valence-corrected chi connectivity index (χ0v) is 38.5. The average Bonchev–Trinajstić information content (AvgIpc) is 3.86. The van der Waals surface area contributed by atoms with Crippen LogP contribution in [0.4, 0.5) is 0 Å². The minimum Gasteiger partial charge on any atom is -0.455 e. The van der Waals surface area contributed by atoms with Crippen LogP contribution in [0.15, 0.2) is 150 Å². The predicted octanol–water partition coefficient (Wildman–Crippen LogP) is 16.9. The van der Waals surface area contributed by atoms with Crippen LogP contribution in [0, 0.1) is 0 Å². The SMILES string of the molecule is CC1(C)CCC(C)(C)c2cc(-c3cccc(-c4ccc5c(c4)C(C)(C)CCC5(C)C)c3-n3c(-c4cccc5c4oc4cc6c(ccc7ccccc76)cc45)nc4ccccc43)ccc21. The van der Waals surface area contributed by atoms with Crippen molar-refractivity contribution in [2.45, 2.75) is 103 Å². The third-order valence-corrected chi connectivity index (χ3v) is 15.8. The van der Waals surface area contributed by atoms with E-state index in [1.54, 1.807) is 0 Å². The summed E-state index contributed by atoms with van der Waals surface area (Å²) in [7, 11) is 0. The maximum absolute atomic E-state index is 7.07. The first-order chi connectivity index (χ1) is 30.7. The summed E-state index contributed by atoms with van der Waals surface area (Å²) in [4.78, 5) is 5.57. The lowest BCUT2D eigenvalue weighted by Gasteiger charge is -2.42. The molecule has 0 spiro atoms. The van der Waals surface area contributed by atoms with Gasteiger partial charge in [-0.2, -0.15) is 0 Å². The van der Waals surface area contributed by atoms with E-state index in [4.69, 9.17) is 9.40 Å². The van der Waals surface area contributed by atoms with Crippen LogP contribution in [-0.4, -0.2) is 9.55 Å². The van der Waals surface area contributed by atoms with E-state index in [0.717, 1.165) is 62.9 Å². The molecule has 0 amide bonds. The van der Waals surface area contributed by atoms with Crippen LogP contribution in [0.5, 0.6) is 0 Å². The van der Waals surface area contributed by atoms with Crippen LogP contribution in [0.2, 0.25) is 0 Å². The molecule has 0 atom stereocenters. The summed E-state index contributed by atoms with van der Waals surface area (Å²) in [6.45, 7) is 19.4. The fraction of sp³-hybridized carbons (Fsp3) is 0.262. The molecule has 2 aliphatic carbocycles. The number of fused-ring (bicyclic) bond motifs is 9. The Bertz CT molecular complexity index is 3470. The van der Waals surface area contributed by atoms with Crippen LogP contribution in [0.25, 0.3) is 93.8 Å². The summed E-state index contributed by atoms with van der Waals surface area (Å²) in [6, 6.07) is 54.5. The highest BCUT2D eigenvalue weighted by Gasteiger charge is 2.39. The van der Waals surface area contributed by atoms with Gasteiger partial charge in [-0.15, -0.1) is 0 Å². The third kappa shape index (κ3) is 5.82. The van der Waals surface area contributed by atoms with Gasteiger partial charge in [0.15, 0.2) is 0 Å². The van der Waals surface area contributed by atoms with E-state index in [-0.39, 0.29) is 21.7 Å². The topological polar surface area (TPSA) is 31.0 Å². The van der Waals surface area contributed by atoms with E-state index in [0.29, 0.717) is 0 Å². The minimum atomic E-state index is 0.0659. The van der Waals surface area contributed by atoms with Gasteiger partial charge >= 0.3 is 0 Å². The third-order valence-electron chi connectivity index (χ3n) is 15.8. The Morgan fingerprint density at radius 2 is 0.984 bits per heavy atom.